The third-order valence-electron chi connectivity index (χ3n) is 2.46. The molecule has 0 unspecified atom stereocenters. The fourth-order valence-corrected chi connectivity index (χ4v) is 4.48. The van der Waals surface area contributed by atoms with E-state index in [0.29, 0.717) is 22.6 Å². The topological polar surface area (TPSA) is 74.7 Å². The predicted octanol–water partition coefficient (Wildman–Crippen LogP) is 5.23. The number of phosphoric ester groups is 1. The van der Waals surface area contributed by atoms with Crippen LogP contribution in [0.2, 0.25) is 0 Å². The summed E-state index contributed by atoms with van der Waals surface area (Å²) in [5, 5.41) is 0.377. The lowest BCUT2D eigenvalue weighted by Crippen LogP contribution is -2.25. The van der Waals surface area contributed by atoms with Crippen molar-refractivity contribution >= 4 is 35.7 Å². The molecule has 0 aliphatic rings. The Balaban J connectivity index is 2.34. The molecule has 0 aliphatic carbocycles. The van der Waals surface area contributed by atoms with Gasteiger partial charge in [0.05, 0.1) is 21.4 Å². The molecule has 0 saturated heterocycles. The molecule has 1 heterocycles. The van der Waals surface area contributed by atoms with Crippen LogP contribution >= 0.6 is 19.2 Å². The Kier molecular flexibility index (Phi) is 5.21. The van der Waals surface area contributed by atoms with Crippen LogP contribution in [-0.4, -0.2) is 22.5 Å². The minimum absolute atomic E-state index is 0.307. The number of phosphoric acid groups is 1. The summed E-state index contributed by atoms with van der Waals surface area (Å²) in [5.74, 6) is 0.307. The lowest BCUT2D eigenvalue weighted by molar-refractivity contribution is 0.0224. The van der Waals surface area contributed by atoms with Gasteiger partial charge in [-0.1, -0.05) is 0 Å². The zero-order valence-electron chi connectivity index (χ0n) is 14.7. The number of hydrogen-bond donors (Lipinski definition) is 0. The molecule has 8 heteroatoms. The Hall–Kier alpha value is -1.27. The number of benzene rings is 1. The van der Waals surface area contributed by atoms with Crippen LogP contribution in [0.15, 0.2) is 18.2 Å². The van der Waals surface area contributed by atoms with Gasteiger partial charge in [0.15, 0.2) is 11.3 Å². The van der Waals surface area contributed by atoms with Gasteiger partial charge in [-0.15, -0.1) is 11.3 Å². The first-order chi connectivity index (χ1) is 10.9. The molecule has 1 aromatic carbocycles. The average Bonchev–Trinajstić information content (AvgIpc) is 2.75. The zero-order valence-corrected chi connectivity index (χ0v) is 16.4. The number of thiazole rings is 1. The van der Waals surface area contributed by atoms with Crippen LogP contribution in [0.1, 0.15) is 51.3 Å². The van der Waals surface area contributed by atoms with Gasteiger partial charge in [0.25, 0.3) is 0 Å². The normalized spacial score (nSPS) is 13.2. The average molecular weight is 371 g/mol. The van der Waals surface area contributed by atoms with Crippen LogP contribution in [0.25, 0.3) is 10.2 Å². The van der Waals surface area contributed by atoms with E-state index < -0.39 is 19.0 Å². The van der Waals surface area contributed by atoms with E-state index in [1.807, 2.05) is 0 Å². The van der Waals surface area contributed by atoms with Gasteiger partial charge < -0.3 is 4.52 Å². The highest BCUT2D eigenvalue weighted by Crippen LogP contribution is 2.55. The van der Waals surface area contributed by atoms with Gasteiger partial charge in [-0.2, -0.15) is 0 Å². The van der Waals surface area contributed by atoms with Crippen LogP contribution in [-0.2, 0) is 13.6 Å². The molecule has 0 fully saturated rings. The highest BCUT2D eigenvalue weighted by molar-refractivity contribution is 7.49. The third-order valence-corrected chi connectivity index (χ3v) is 5.40. The van der Waals surface area contributed by atoms with Crippen LogP contribution in [0, 0.1) is 0 Å². The molecule has 132 valence electrons. The number of carbonyl (C=O) groups is 1. The van der Waals surface area contributed by atoms with E-state index in [-0.39, 0.29) is 0 Å². The molecule has 2 rings (SSSR count). The molecule has 0 N–H and O–H groups in total. The van der Waals surface area contributed by atoms with Crippen molar-refractivity contribution in [2.24, 2.45) is 0 Å². The minimum Gasteiger partial charge on any atom is -0.404 e. The molecule has 0 bridgehead atoms. The summed E-state index contributed by atoms with van der Waals surface area (Å²) in [6.45, 7) is 10.6. The van der Waals surface area contributed by atoms with Crippen LogP contribution in [0.5, 0.6) is 5.75 Å². The van der Waals surface area contributed by atoms with Crippen molar-refractivity contribution in [3.8, 4) is 5.75 Å². The molecule has 6 nitrogen and oxygen atoms in total. The molecule has 0 amide bonds. The third kappa shape index (κ3) is 5.38. The van der Waals surface area contributed by atoms with Crippen LogP contribution in [0.4, 0.5) is 0 Å². The number of aromatic nitrogens is 1. The lowest BCUT2D eigenvalue weighted by Gasteiger charge is -2.30. The van der Waals surface area contributed by atoms with Crippen LogP contribution < -0.4 is 4.52 Å². The van der Waals surface area contributed by atoms with E-state index in [4.69, 9.17) is 13.6 Å². The van der Waals surface area contributed by atoms with Gasteiger partial charge in [0.2, 0.25) is 0 Å². The zero-order chi connectivity index (χ0) is 18.2. The predicted molar refractivity (Wildman–Crippen MR) is 94.9 cm³/mol. The highest BCUT2D eigenvalue weighted by atomic mass is 32.1. The molecule has 0 saturated carbocycles. The van der Waals surface area contributed by atoms with Crippen molar-refractivity contribution in [3.63, 3.8) is 0 Å². The van der Waals surface area contributed by atoms with Gasteiger partial charge >= 0.3 is 7.82 Å². The first kappa shape index (κ1) is 19.1. The molecular formula is C16H22NO5PS. The number of nitrogens with zero attached hydrogens (tertiary/aromatic N) is 1. The molecule has 24 heavy (non-hydrogen) atoms. The standard InChI is InChI=1S/C16H22NO5PS/c1-15(2,3)21-23(19,22-16(4,5)6)20-11-7-8-13-12(9-11)17-14(10-18)24-13/h7-10H,1-6H3. The van der Waals surface area contributed by atoms with Gasteiger partial charge in [-0.25, -0.2) is 9.55 Å². The van der Waals surface area contributed by atoms with Gasteiger partial charge in [0, 0.05) is 6.07 Å². The first-order valence-electron chi connectivity index (χ1n) is 7.46. The maximum absolute atomic E-state index is 13.1. The number of fused-ring (bicyclic) bond motifs is 1. The summed E-state index contributed by atoms with van der Waals surface area (Å²) in [5.41, 5.74) is -0.829. The Bertz CT molecular complexity index is 768. The van der Waals surface area contributed by atoms with E-state index in [1.165, 1.54) is 11.3 Å². The van der Waals surface area contributed by atoms with Crippen LogP contribution in [0.3, 0.4) is 0 Å². The summed E-state index contributed by atoms with van der Waals surface area (Å²) in [6.07, 6.45) is 0.696. The maximum atomic E-state index is 13.1. The van der Waals surface area contributed by atoms with E-state index in [9.17, 15) is 9.36 Å². The Labute approximate surface area is 145 Å². The van der Waals surface area contributed by atoms with E-state index in [2.05, 4.69) is 4.98 Å². The summed E-state index contributed by atoms with van der Waals surface area (Å²) in [7, 11) is -3.86. The molecule has 2 aromatic rings. The van der Waals surface area contributed by atoms with Crippen molar-refractivity contribution in [3.05, 3.63) is 23.2 Å². The monoisotopic (exact) mass is 371 g/mol. The Morgan fingerprint density at radius 3 is 2.17 bits per heavy atom. The molecule has 1 aromatic heterocycles. The fraction of sp³-hybridized carbons (Fsp3) is 0.500. The van der Waals surface area contributed by atoms with E-state index in [1.54, 1.807) is 59.7 Å². The molecule has 0 aliphatic heterocycles. The Morgan fingerprint density at radius 2 is 1.67 bits per heavy atom. The van der Waals surface area contributed by atoms with Crippen molar-refractivity contribution in [2.45, 2.75) is 52.7 Å². The Morgan fingerprint density at radius 1 is 1.08 bits per heavy atom. The van der Waals surface area contributed by atoms with Gasteiger partial charge in [0.1, 0.15) is 5.75 Å². The quantitative estimate of drug-likeness (QED) is 0.529. The van der Waals surface area contributed by atoms with Crippen molar-refractivity contribution in [1.82, 2.24) is 4.98 Å². The second-order valence-electron chi connectivity index (χ2n) is 7.25. The molecule has 0 radical (unpaired) electrons. The number of aldehydes is 1. The molecule has 0 spiro atoms. The molecular weight excluding hydrogens is 349 g/mol. The summed E-state index contributed by atoms with van der Waals surface area (Å²) in [4.78, 5) is 15.0. The smallest absolute Gasteiger partial charge is 0.404 e. The second-order valence-corrected chi connectivity index (χ2v) is 9.75. The summed E-state index contributed by atoms with van der Waals surface area (Å²) < 4.78 is 30.7. The largest absolute Gasteiger partial charge is 0.531 e. The fourth-order valence-electron chi connectivity index (χ4n) is 1.89. The van der Waals surface area contributed by atoms with E-state index in [0.717, 1.165) is 4.70 Å². The number of hydrogen-bond acceptors (Lipinski definition) is 7. The first-order valence-corrected chi connectivity index (χ1v) is 9.74. The van der Waals surface area contributed by atoms with E-state index >= 15 is 0 Å². The SMILES string of the molecule is CC(C)(C)OP(=O)(Oc1ccc2sc(C=O)nc2c1)OC(C)(C)C. The second kappa shape index (κ2) is 6.56. The van der Waals surface area contributed by atoms with Crippen molar-refractivity contribution in [1.29, 1.82) is 0 Å². The molecule has 0 atom stereocenters. The minimum atomic E-state index is -3.86. The van der Waals surface area contributed by atoms with Crippen molar-refractivity contribution in [2.75, 3.05) is 0 Å². The number of carbonyl (C=O) groups excluding carboxylic acids is 1. The summed E-state index contributed by atoms with van der Waals surface area (Å²) in [6, 6.07) is 5.02. The number of rotatable bonds is 5. The highest BCUT2D eigenvalue weighted by Gasteiger charge is 2.38. The van der Waals surface area contributed by atoms with Gasteiger partial charge in [-0.3, -0.25) is 13.8 Å². The van der Waals surface area contributed by atoms with Crippen molar-refractivity contribution < 1.29 is 22.9 Å². The van der Waals surface area contributed by atoms with Gasteiger partial charge in [-0.05, 0) is 53.7 Å². The maximum Gasteiger partial charge on any atom is 0.531 e. The summed E-state index contributed by atoms with van der Waals surface area (Å²) >= 11 is 1.28. The lowest BCUT2D eigenvalue weighted by atomic mass is 10.2.